The largest absolute Gasteiger partial charge is 0.341 e. The summed E-state index contributed by atoms with van der Waals surface area (Å²) in [5.74, 6) is 0.272. The molecule has 2 fully saturated rings. The van der Waals surface area contributed by atoms with Crippen LogP contribution in [0, 0.1) is 11.3 Å². The molecule has 2 aliphatic heterocycles. The van der Waals surface area contributed by atoms with Crippen LogP contribution in [-0.2, 0) is 11.2 Å². The van der Waals surface area contributed by atoms with Gasteiger partial charge in [0.2, 0.25) is 5.91 Å². The number of rotatable bonds is 4. The fraction of sp³-hybridized carbons (Fsp3) is 0.619. The molecule has 25 heavy (non-hydrogen) atoms. The number of nitriles is 1. The normalized spacial score (nSPS) is 27.2. The maximum Gasteiger partial charge on any atom is 0.222 e. The van der Waals surface area contributed by atoms with Gasteiger partial charge in [-0.3, -0.25) is 9.69 Å². The van der Waals surface area contributed by atoms with Crippen molar-refractivity contribution in [2.45, 2.75) is 70.5 Å². The molecule has 134 valence electrons. The second kappa shape index (κ2) is 8.01. The number of amides is 1. The van der Waals surface area contributed by atoms with Crippen LogP contribution in [0.4, 0.5) is 0 Å². The molecule has 1 aromatic carbocycles. The summed E-state index contributed by atoms with van der Waals surface area (Å²) in [6, 6.07) is 11.5. The number of aryl methyl sites for hydroxylation is 1. The smallest absolute Gasteiger partial charge is 0.222 e. The Kier molecular flexibility index (Phi) is 5.75. The third kappa shape index (κ3) is 4.22. The summed E-state index contributed by atoms with van der Waals surface area (Å²) in [7, 11) is 0. The Morgan fingerprint density at radius 1 is 1.16 bits per heavy atom. The average molecular weight is 339 g/mol. The standard InChI is InChI=1S/C21H29N3O/c1-16-5-6-17(2)24(16)20-4-3-13-23(15-20)21(25)12-11-18-7-9-19(14-22)10-8-18/h7-10,16-17,20H,3-6,11-13,15H2,1-2H3/t16-,17-,20+/m1/s1. The molecule has 0 bridgehead atoms. The van der Waals surface area contributed by atoms with Crippen molar-refractivity contribution < 1.29 is 4.79 Å². The van der Waals surface area contributed by atoms with Gasteiger partial charge in [-0.1, -0.05) is 12.1 Å². The molecule has 1 aromatic rings. The molecule has 0 N–H and O–H groups in total. The first-order valence-corrected chi connectivity index (χ1v) is 9.62. The fourth-order valence-electron chi connectivity index (χ4n) is 4.51. The molecule has 4 heteroatoms. The summed E-state index contributed by atoms with van der Waals surface area (Å²) in [5.41, 5.74) is 1.80. The Morgan fingerprint density at radius 2 is 1.84 bits per heavy atom. The van der Waals surface area contributed by atoms with E-state index in [1.54, 1.807) is 0 Å². The van der Waals surface area contributed by atoms with E-state index >= 15 is 0 Å². The zero-order valence-electron chi connectivity index (χ0n) is 15.4. The molecular weight excluding hydrogens is 310 g/mol. The van der Waals surface area contributed by atoms with E-state index < -0.39 is 0 Å². The first-order valence-electron chi connectivity index (χ1n) is 9.62. The van der Waals surface area contributed by atoms with Crippen LogP contribution in [0.5, 0.6) is 0 Å². The number of benzene rings is 1. The lowest BCUT2D eigenvalue weighted by molar-refractivity contribution is -0.133. The third-order valence-corrected chi connectivity index (χ3v) is 5.90. The number of carbonyl (C=O) groups is 1. The maximum atomic E-state index is 12.7. The number of likely N-dealkylation sites (tertiary alicyclic amines) is 2. The Morgan fingerprint density at radius 3 is 2.48 bits per heavy atom. The minimum Gasteiger partial charge on any atom is -0.341 e. The molecule has 2 aliphatic rings. The van der Waals surface area contributed by atoms with Gasteiger partial charge in [-0.05, 0) is 63.6 Å². The van der Waals surface area contributed by atoms with E-state index in [9.17, 15) is 4.79 Å². The second-order valence-corrected chi connectivity index (χ2v) is 7.67. The molecule has 0 aromatic heterocycles. The molecule has 4 nitrogen and oxygen atoms in total. The van der Waals surface area contributed by atoms with Gasteiger partial charge in [0.15, 0.2) is 0 Å². The molecule has 0 spiro atoms. The minimum absolute atomic E-state index is 0.272. The summed E-state index contributed by atoms with van der Waals surface area (Å²) in [5, 5.41) is 8.85. The lowest BCUT2D eigenvalue weighted by Gasteiger charge is -2.41. The molecule has 0 aliphatic carbocycles. The molecular formula is C21H29N3O. The molecule has 0 radical (unpaired) electrons. The molecule has 3 atom stereocenters. The van der Waals surface area contributed by atoms with Crippen molar-refractivity contribution in [2.75, 3.05) is 13.1 Å². The number of hydrogen-bond donors (Lipinski definition) is 0. The Hall–Kier alpha value is -1.86. The molecule has 2 heterocycles. The Bertz CT molecular complexity index is 624. The summed E-state index contributed by atoms with van der Waals surface area (Å²) >= 11 is 0. The van der Waals surface area contributed by atoms with Crippen LogP contribution in [0.25, 0.3) is 0 Å². The van der Waals surface area contributed by atoms with Crippen molar-refractivity contribution in [3.05, 3.63) is 35.4 Å². The van der Waals surface area contributed by atoms with Gasteiger partial charge in [0.25, 0.3) is 0 Å². The topological polar surface area (TPSA) is 47.3 Å². The second-order valence-electron chi connectivity index (χ2n) is 7.67. The third-order valence-electron chi connectivity index (χ3n) is 5.90. The lowest BCUT2D eigenvalue weighted by atomic mass is 10.0. The van der Waals surface area contributed by atoms with E-state index in [1.807, 2.05) is 24.3 Å². The van der Waals surface area contributed by atoms with E-state index in [2.05, 4.69) is 29.7 Å². The van der Waals surface area contributed by atoms with Gasteiger partial charge in [-0.25, -0.2) is 0 Å². The van der Waals surface area contributed by atoms with Gasteiger partial charge in [-0.2, -0.15) is 5.26 Å². The zero-order valence-corrected chi connectivity index (χ0v) is 15.4. The van der Waals surface area contributed by atoms with Crippen LogP contribution in [-0.4, -0.2) is 46.9 Å². The van der Waals surface area contributed by atoms with Crippen molar-refractivity contribution >= 4 is 5.91 Å². The van der Waals surface area contributed by atoms with E-state index in [1.165, 1.54) is 19.3 Å². The lowest BCUT2D eigenvalue weighted by Crippen LogP contribution is -2.52. The molecule has 2 saturated heterocycles. The van der Waals surface area contributed by atoms with Gasteiger partial charge in [0.05, 0.1) is 11.6 Å². The Labute approximate surface area is 151 Å². The van der Waals surface area contributed by atoms with E-state index in [4.69, 9.17) is 5.26 Å². The predicted octanol–water partition coefficient (Wildman–Crippen LogP) is 3.35. The molecule has 1 amide bonds. The Balaban J connectivity index is 1.54. The maximum absolute atomic E-state index is 12.7. The van der Waals surface area contributed by atoms with Gasteiger partial charge in [-0.15, -0.1) is 0 Å². The van der Waals surface area contributed by atoms with Crippen LogP contribution in [0.1, 0.15) is 57.1 Å². The van der Waals surface area contributed by atoms with Crippen LogP contribution >= 0.6 is 0 Å². The SMILES string of the molecule is C[C@@H]1CC[C@@H](C)N1[C@H]1CCCN(C(=O)CCc2ccc(C#N)cc2)C1. The van der Waals surface area contributed by atoms with E-state index in [-0.39, 0.29) is 5.91 Å². The van der Waals surface area contributed by atoms with Gasteiger partial charge in [0, 0.05) is 37.6 Å². The number of nitrogens with zero attached hydrogens (tertiary/aromatic N) is 3. The molecule has 3 rings (SSSR count). The van der Waals surface area contributed by atoms with Gasteiger partial charge < -0.3 is 4.90 Å². The highest BCUT2D eigenvalue weighted by Gasteiger charge is 2.36. The number of piperidine rings is 1. The summed E-state index contributed by atoms with van der Waals surface area (Å²) in [6.07, 6.45) is 6.21. The van der Waals surface area contributed by atoms with Crippen LogP contribution in [0.15, 0.2) is 24.3 Å². The molecule has 0 saturated carbocycles. The first kappa shape index (κ1) is 17.9. The summed E-state index contributed by atoms with van der Waals surface area (Å²) in [4.78, 5) is 17.4. The van der Waals surface area contributed by atoms with Gasteiger partial charge in [0.1, 0.15) is 0 Å². The predicted molar refractivity (Wildman–Crippen MR) is 99.1 cm³/mol. The highest BCUT2D eigenvalue weighted by molar-refractivity contribution is 5.76. The number of carbonyl (C=O) groups excluding carboxylic acids is 1. The monoisotopic (exact) mass is 339 g/mol. The average Bonchev–Trinajstić information content (AvgIpc) is 2.98. The van der Waals surface area contributed by atoms with Crippen LogP contribution in [0.2, 0.25) is 0 Å². The number of hydrogen-bond acceptors (Lipinski definition) is 3. The van der Waals surface area contributed by atoms with Gasteiger partial charge >= 0.3 is 0 Å². The van der Waals surface area contributed by atoms with Crippen LogP contribution < -0.4 is 0 Å². The van der Waals surface area contributed by atoms with Crippen LogP contribution in [0.3, 0.4) is 0 Å². The quantitative estimate of drug-likeness (QED) is 0.845. The fourth-order valence-corrected chi connectivity index (χ4v) is 4.51. The zero-order chi connectivity index (χ0) is 17.8. The van der Waals surface area contributed by atoms with E-state index in [0.29, 0.717) is 30.1 Å². The summed E-state index contributed by atoms with van der Waals surface area (Å²) < 4.78 is 0. The van der Waals surface area contributed by atoms with Crippen molar-refractivity contribution in [1.29, 1.82) is 5.26 Å². The highest BCUT2D eigenvalue weighted by atomic mass is 16.2. The first-order chi connectivity index (χ1) is 12.1. The summed E-state index contributed by atoms with van der Waals surface area (Å²) in [6.45, 7) is 6.45. The highest BCUT2D eigenvalue weighted by Crippen LogP contribution is 2.30. The van der Waals surface area contributed by atoms with Crippen molar-refractivity contribution in [3.8, 4) is 6.07 Å². The minimum atomic E-state index is 0.272. The molecule has 0 unspecified atom stereocenters. The van der Waals surface area contributed by atoms with Crippen molar-refractivity contribution in [1.82, 2.24) is 9.80 Å². The van der Waals surface area contributed by atoms with Crippen molar-refractivity contribution in [3.63, 3.8) is 0 Å². The van der Waals surface area contributed by atoms with E-state index in [0.717, 1.165) is 31.5 Å². The van der Waals surface area contributed by atoms with Crippen molar-refractivity contribution in [2.24, 2.45) is 0 Å².